The van der Waals surface area contributed by atoms with Crippen LogP contribution in [0.5, 0.6) is 0 Å². The molecule has 0 radical (unpaired) electrons. The highest BCUT2D eigenvalue weighted by molar-refractivity contribution is 9.10. The van der Waals surface area contributed by atoms with E-state index >= 15 is 0 Å². The van der Waals surface area contributed by atoms with E-state index in [1.807, 2.05) is 13.2 Å². The molecular formula is C13H21BrN2O2. The zero-order valence-corrected chi connectivity index (χ0v) is 12.5. The van der Waals surface area contributed by atoms with E-state index in [-0.39, 0.29) is 12.5 Å². The van der Waals surface area contributed by atoms with Gasteiger partial charge in [-0.15, -0.1) is 0 Å². The molecule has 0 aliphatic carbocycles. The Morgan fingerprint density at radius 3 is 2.78 bits per heavy atom. The Bertz CT molecular complexity index is 384. The molecule has 0 aromatic carbocycles. The van der Waals surface area contributed by atoms with E-state index in [0.717, 1.165) is 23.7 Å². The lowest BCUT2D eigenvalue weighted by molar-refractivity contribution is 0.0935. The molecule has 1 amide bonds. The summed E-state index contributed by atoms with van der Waals surface area (Å²) in [5.74, 6) is 0.287. The molecule has 102 valence electrons. The predicted molar refractivity (Wildman–Crippen MR) is 75.5 cm³/mol. The number of nitrogens with zero attached hydrogens (tertiary/aromatic N) is 1. The Balaban J connectivity index is 2.51. The number of carbonyl (C=O) groups is 1. The standard InChI is InChI=1S/C13H21BrN2O2/c1-3-4-10(5-6-17)8-15-13(18)12-7-11(14)9-16(12)2/h7,9-10,17H,3-6,8H2,1-2H3,(H,15,18). The number of aryl methyl sites for hydroxylation is 1. The molecule has 0 saturated heterocycles. The molecule has 1 heterocycles. The first-order valence-electron chi connectivity index (χ1n) is 6.29. The summed E-state index contributed by atoms with van der Waals surface area (Å²) < 4.78 is 2.69. The van der Waals surface area contributed by atoms with Crippen LogP contribution in [-0.4, -0.2) is 28.7 Å². The number of nitrogens with one attached hydrogen (secondary N) is 1. The molecule has 5 heteroatoms. The lowest BCUT2D eigenvalue weighted by Crippen LogP contribution is -2.30. The molecule has 18 heavy (non-hydrogen) atoms. The molecule has 4 nitrogen and oxygen atoms in total. The van der Waals surface area contributed by atoms with Gasteiger partial charge in [0.2, 0.25) is 0 Å². The number of aliphatic hydroxyl groups excluding tert-OH is 1. The first-order chi connectivity index (χ1) is 8.58. The van der Waals surface area contributed by atoms with E-state index in [1.54, 1.807) is 10.6 Å². The monoisotopic (exact) mass is 316 g/mol. The van der Waals surface area contributed by atoms with Crippen molar-refractivity contribution in [3.8, 4) is 0 Å². The van der Waals surface area contributed by atoms with E-state index in [9.17, 15) is 4.79 Å². The second kappa shape index (κ2) is 7.59. The zero-order valence-electron chi connectivity index (χ0n) is 10.9. The Morgan fingerprint density at radius 2 is 2.28 bits per heavy atom. The van der Waals surface area contributed by atoms with Crippen molar-refractivity contribution in [2.45, 2.75) is 26.2 Å². The fourth-order valence-corrected chi connectivity index (χ4v) is 2.54. The van der Waals surface area contributed by atoms with Gasteiger partial charge in [-0.1, -0.05) is 13.3 Å². The van der Waals surface area contributed by atoms with Crippen molar-refractivity contribution in [2.75, 3.05) is 13.2 Å². The van der Waals surface area contributed by atoms with E-state index in [2.05, 4.69) is 28.2 Å². The summed E-state index contributed by atoms with van der Waals surface area (Å²) in [5.41, 5.74) is 0.640. The summed E-state index contributed by atoms with van der Waals surface area (Å²) in [6, 6.07) is 1.80. The van der Waals surface area contributed by atoms with Gasteiger partial charge in [0.1, 0.15) is 5.69 Å². The average molecular weight is 317 g/mol. The second-order valence-electron chi connectivity index (χ2n) is 4.53. The third-order valence-electron chi connectivity index (χ3n) is 2.99. The van der Waals surface area contributed by atoms with Crippen LogP contribution in [0.4, 0.5) is 0 Å². The van der Waals surface area contributed by atoms with Gasteiger partial charge in [0.05, 0.1) is 0 Å². The lowest BCUT2D eigenvalue weighted by atomic mass is 10.0. The van der Waals surface area contributed by atoms with Crippen LogP contribution in [0.3, 0.4) is 0 Å². The van der Waals surface area contributed by atoms with Crippen molar-refractivity contribution in [2.24, 2.45) is 13.0 Å². The molecule has 0 bridgehead atoms. The number of amides is 1. The van der Waals surface area contributed by atoms with Gasteiger partial charge in [-0.2, -0.15) is 0 Å². The number of carbonyl (C=O) groups excluding carboxylic acids is 1. The Kier molecular flexibility index (Phi) is 6.43. The minimum Gasteiger partial charge on any atom is -0.396 e. The SMILES string of the molecule is CCCC(CCO)CNC(=O)c1cc(Br)cn1C. The van der Waals surface area contributed by atoms with E-state index < -0.39 is 0 Å². The van der Waals surface area contributed by atoms with Gasteiger partial charge in [0.25, 0.3) is 5.91 Å². The first kappa shape index (κ1) is 15.2. The molecule has 0 saturated carbocycles. The molecule has 1 atom stereocenters. The average Bonchev–Trinajstić information content (AvgIpc) is 2.65. The van der Waals surface area contributed by atoms with Gasteiger partial charge in [0.15, 0.2) is 0 Å². The largest absolute Gasteiger partial charge is 0.396 e. The third kappa shape index (κ3) is 4.46. The molecule has 0 fully saturated rings. The van der Waals surface area contributed by atoms with Crippen molar-refractivity contribution in [1.82, 2.24) is 9.88 Å². The normalized spacial score (nSPS) is 12.4. The summed E-state index contributed by atoms with van der Waals surface area (Å²) >= 11 is 3.35. The number of aromatic nitrogens is 1. The van der Waals surface area contributed by atoms with Crippen molar-refractivity contribution < 1.29 is 9.90 Å². The Morgan fingerprint density at radius 1 is 1.56 bits per heavy atom. The van der Waals surface area contributed by atoms with Crippen LogP contribution in [0.2, 0.25) is 0 Å². The maximum absolute atomic E-state index is 12.0. The summed E-state index contributed by atoms with van der Waals surface area (Å²) in [6.07, 6.45) is 4.69. The fourth-order valence-electron chi connectivity index (χ4n) is 2.02. The molecule has 1 aromatic rings. The zero-order chi connectivity index (χ0) is 13.5. The molecule has 1 unspecified atom stereocenters. The quantitative estimate of drug-likeness (QED) is 0.811. The summed E-state index contributed by atoms with van der Waals surface area (Å²) in [7, 11) is 1.84. The number of halogens is 1. The summed E-state index contributed by atoms with van der Waals surface area (Å²) in [5, 5.41) is 11.9. The second-order valence-corrected chi connectivity index (χ2v) is 5.45. The van der Waals surface area contributed by atoms with Gasteiger partial charge in [-0.05, 0) is 40.8 Å². The van der Waals surface area contributed by atoms with E-state index in [0.29, 0.717) is 18.2 Å². The van der Waals surface area contributed by atoms with Crippen LogP contribution < -0.4 is 5.32 Å². The van der Waals surface area contributed by atoms with Crippen LogP contribution >= 0.6 is 15.9 Å². The molecule has 1 rings (SSSR count). The van der Waals surface area contributed by atoms with Gasteiger partial charge in [0, 0.05) is 30.9 Å². The van der Waals surface area contributed by atoms with Crippen LogP contribution in [0.1, 0.15) is 36.7 Å². The number of hydrogen-bond acceptors (Lipinski definition) is 2. The Hall–Kier alpha value is -0.810. The first-order valence-corrected chi connectivity index (χ1v) is 7.08. The number of rotatable bonds is 7. The molecular weight excluding hydrogens is 296 g/mol. The van der Waals surface area contributed by atoms with Gasteiger partial charge < -0.3 is 15.0 Å². The minimum absolute atomic E-state index is 0.0674. The molecule has 1 aromatic heterocycles. The predicted octanol–water partition coefficient (Wildman–Crippen LogP) is 2.32. The van der Waals surface area contributed by atoms with Crippen molar-refractivity contribution in [3.05, 3.63) is 22.4 Å². The molecule has 0 aliphatic rings. The van der Waals surface area contributed by atoms with Crippen LogP contribution in [-0.2, 0) is 7.05 Å². The Labute approximate surface area is 117 Å². The maximum atomic E-state index is 12.0. The highest BCUT2D eigenvalue weighted by Gasteiger charge is 2.13. The fraction of sp³-hybridized carbons (Fsp3) is 0.615. The third-order valence-corrected chi connectivity index (χ3v) is 3.42. The molecule has 2 N–H and O–H groups in total. The number of aliphatic hydroxyl groups is 1. The summed E-state index contributed by atoms with van der Waals surface area (Å²) in [6.45, 7) is 2.91. The van der Waals surface area contributed by atoms with Crippen molar-refractivity contribution in [3.63, 3.8) is 0 Å². The topological polar surface area (TPSA) is 54.3 Å². The van der Waals surface area contributed by atoms with Gasteiger partial charge in [-0.3, -0.25) is 4.79 Å². The highest BCUT2D eigenvalue weighted by atomic mass is 79.9. The smallest absolute Gasteiger partial charge is 0.267 e. The van der Waals surface area contributed by atoms with E-state index in [1.165, 1.54) is 0 Å². The summed E-state index contributed by atoms with van der Waals surface area (Å²) in [4.78, 5) is 12.0. The minimum atomic E-state index is -0.0674. The molecule has 0 spiro atoms. The van der Waals surface area contributed by atoms with Crippen molar-refractivity contribution in [1.29, 1.82) is 0 Å². The van der Waals surface area contributed by atoms with Crippen LogP contribution in [0, 0.1) is 5.92 Å². The van der Waals surface area contributed by atoms with Crippen molar-refractivity contribution >= 4 is 21.8 Å². The highest BCUT2D eigenvalue weighted by Crippen LogP contribution is 2.14. The van der Waals surface area contributed by atoms with E-state index in [4.69, 9.17) is 5.11 Å². The number of hydrogen-bond donors (Lipinski definition) is 2. The maximum Gasteiger partial charge on any atom is 0.267 e. The van der Waals surface area contributed by atoms with Crippen LogP contribution in [0.25, 0.3) is 0 Å². The molecule has 0 aliphatic heterocycles. The van der Waals surface area contributed by atoms with Gasteiger partial charge in [-0.25, -0.2) is 0 Å². The van der Waals surface area contributed by atoms with Gasteiger partial charge >= 0.3 is 0 Å². The lowest BCUT2D eigenvalue weighted by Gasteiger charge is -2.15. The van der Waals surface area contributed by atoms with Crippen LogP contribution in [0.15, 0.2) is 16.7 Å².